The molecule has 1 aliphatic carbocycles. The molecule has 1 atom stereocenters. The lowest BCUT2D eigenvalue weighted by Gasteiger charge is -2.38. The minimum Gasteiger partial charge on any atom is -0.383 e. The average Bonchev–Trinajstić information content (AvgIpc) is 3.03. The number of primary amides is 1. The van der Waals surface area contributed by atoms with Crippen LogP contribution in [0.25, 0.3) is 0 Å². The summed E-state index contributed by atoms with van der Waals surface area (Å²) in [6.07, 6.45) is 4.83. The maximum atomic E-state index is 11.3. The second-order valence-corrected chi connectivity index (χ2v) is 7.53. The zero-order chi connectivity index (χ0) is 17.6. The first-order chi connectivity index (χ1) is 12.2. The molecule has 0 saturated carbocycles. The third kappa shape index (κ3) is 5.03. The Morgan fingerprint density at radius 2 is 2.04 bits per heavy atom. The van der Waals surface area contributed by atoms with E-state index in [4.69, 9.17) is 10.5 Å². The fraction of sp³-hybridized carbons (Fsp3) is 0.650. The first kappa shape index (κ1) is 18.4. The van der Waals surface area contributed by atoms with Crippen LogP contribution in [0.15, 0.2) is 24.3 Å². The van der Waals surface area contributed by atoms with Crippen molar-refractivity contribution in [2.45, 2.75) is 31.7 Å². The molecular formula is C20H31N3O2. The Kier molecular flexibility index (Phi) is 6.45. The second-order valence-electron chi connectivity index (χ2n) is 7.53. The lowest BCUT2D eigenvalue weighted by molar-refractivity contribution is -0.119. The minimum absolute atomic E-state index is 0.255. The number of methoxy groups -OCH3 is 1. The van der Waals surface area contributed by atoms with Crippen LogP contribution in [-0.2, 0) is 22.4 Å². The summed E-state index contributed by atoms with van der Waals surface area (Å²) in [7, 11) is 1.70. The van der Waals surface area contributed by atoms with Crippen LogP contribution in [0, 0.1) is 5.92 Å². The zero-order valence-electron chi connectivity index (χ0n) is 15.3. The predicted octanol–water partition coefficient (Wildman–Crippen LogP) is 1.30. The highest BCUT2D eigenvalue weighted by atomic mass is 16.5. The van der Waals surface area contributed by atoms with Crippen molar-refractivity contribution in [3.63, 3.8) is 0 Å². The van der Waals surface area contributed by atoms with Gasteiger partial charge in [-0.1, -0.05) is 24.3 Å². The second kappa shape index (κ2) is 8.79. The van der Waals surface area contributed by atoms with E-state index in [9.17, 15) is 4.79 Å². The largest absolute Gasteiger partial charge is 0.383 e. The van der Waals surface area contributed by atoms with Gasteiger partial charge in [-0.2, -0.15) is 0 Å². The molecule has 5 nitrogen and oxygen atoms in total. The number of nitrogens with zero attached hydrogens (tertiary/aromatic N) is 2. The van der Waals surface area contributed by atoms with Crippen LogP contribution < -0.4 is 5.73 Å². The van der Waals surface area contributed by atoms with E-state index >= 15 is 0 Å². The van der Waals surface area contributed by atoms with E-state index in [0.717, 1.165) is 19.6 Å². The maximum absolute atomic E-state index is 11.3. The van der Waals surface area contributed by atoms with Crippen molar-refractivity contribution in [1.82, 2.24) is 9.80 Å². The Bertz CT molecular complexity index is 553. The Hall–Kier alpha value is -1.43. The van der Waals surface area contributed by atoms with E-state index in [-0.39, 0.29) is 5.91 Å². The van der Waals surface area contributed by atoms with Gasteiger partial charge in [-0.05, 0) is 49.3 Å². The maximum Gasteiger partial charge on any atom is 0.231 e. The van der Waals surface area contributed by atoms with E-state index < -0.39 is 0 Å². The third-order valence-corrected chi connectivity index (χ3v) is 5.60. The van der Waals surface area contributed by atoms with Gasteiger partial charge in [0.1, 0.15) is 0 Å². The summed E-state index contributed by atoms with van der Waals surface area (Å²) in [4.78, 5) is 16.2. The van der Waals surface area contributed by atoms with Gasteiger partial charge < -0.3 is 10.5 Å². The molecule has 0 spiro atoms. The van der Waals surface area contributed by atoms with Crippen LogP contribution >= 0.6 is 0 Å². The Morgan fingerprint density at radius 3 is 2.68 bits per heavy atom. The molecular weight excluding hydrogens is 314 g/mol. The highest BCUT2D eigenvalue weighted by Crippen LogP contribution is 2.29. The Morgan fingerprint density at radius 1 is 1.32 bits per heavy atom. The topological polar surface area (TPSA) is 58.8 Å². The fourth-order valence-electron chi connectivity index (χ4n) is 4.41. The number of hydrogen-bond donors (Lipinski definition) is 1. The van der Waals surface area contributed by atoms with Crippen LogP contribution in [0.4, 0.5) is 0 Å². The quantitative estimate of drug-likeness (QED) is 0.772. The summed E-state index contributed by atoms with van der Waals surface area (Å²) >= 11 is 0. The van der Waals surface area contributed by atoms with Gasteiger partial charge in [0.15, 0.2) is 0 Å². The van der Waals surface area contributed by atoms with Gasteiger partial charge in [-0.25, -0.2) is 0 Å². The van der Waals surface area contributed by atoms with Crippen molar-refractivity contribution in [1.29, 1.82) is 0 Å². The molecule has 25 heavy (non-hydrogen) atoms. The monoisotopic (exact) mass is 345 g/mol. The number of fused-ring (bicyclic) bond motifs is 1. The molecule has 1 heterocycles. The van der Waals surface area contributed by atoms with Crippen molar-refractivity contribution in [3.8, 4) is 0 Å². The molecule has 0 aromatic heterocycles. The van der Waals surface area contributed by atoms with Crippen molar-refractivity contribution in [3.05, 3.63) is 35.4 Å². The molecule has 0 radical (unpaired) electrons. The van der Waals surface area contributed by atoms with Crippen LogP contribution in [0.1, 0.15) is 24.0 Å². The van der Waals surface area contributed by atoms with E-state index in [0.29, 0.717) is 25.1 Å². The number of nitrogens with two attached hydrogens (primary N) is 1. The summed E-state index contributed by atoms with van der Waals surface area (Å²) in [6.45, 7) is 4.99. The molecule has 2 aliphatic rings. The number of carbonyl (C=O) groups excluding carboxylic acids is 1. The highest BCUT2D eigenvalue weighted by Gasteiger charge is 2.31. The predicted molar refractivity (Wildman–Crippen MR) is 99.4 cm³/mol. The van der Waals surface area contributed by atoms with E-state index in [1.807, 2.05) is 0 Å². The molecule has 3 rings (SSSR count). The SMILES string of the molecule is COCCN(CC(N)=O)C[C@H]1CCCN(C2Cc3ccccc3C2)C1. The van der Waals surface area contributed by atoms with Gasteiger partial charge in [-0.3, -0.25) is 14.6 Å². The van der Waals surface area contributed by atoms with E-state index in [2.05, 4.69) is 34.1 Å². The minimum atomic E-state index is -0.255. The third-order valence-electron chi connectivity index (χ3n) is 5.60. The summed E-state index contributed by atoms with van der Waals surface area (Å²) in [6, 6.07) is 9.49. The Balaban J connectivity index is 1.54. The number of rotatable bonds is 8. The normalized spacial score (nSPS) is 21.6. The number of ether oxygens (including phenoxy) is 1. The molecule has 0 unspecified atom stereocenters. The van der Waals surface area contributed by atoms with Crippen LogP contribution in [0.5, 0.6) is 0 Å². The van der Waals surface area contributed by atoms with Gasteiger partial charge in [0.25, 0.3) is 0 Å². The number of piperidine rings is 1. The molecule has 138 valence electrons. The van der Waals surface area contributed by atoms with Crippen molar-refractivity contribution >= 4 is 5.91 Å². The Labute approximate surface area is 151 Å². The molecule has 1 aromatic rings. The zero-order valence-corrected chi connectivity index (χ0v) is 15.3. The summed E-state index contributed by atoms with van der Waals surface area (Å²) in [5, 5.41) is 0. The van der Waals surface area contributed by atoms with Gasteiger partial charge in [0.05, 0.1) is 13.2 Å². The number of hydrogen-bond acceptors (Lipinski definition) is 4. The number of benzene rings is 1. The average molecular weight is 345 g/mol. The highest BCUT2D eigenvalue weighted by molar-refractivity contribution is 5.75. The van der Waals surface area contributed by atoms with Crippen LogP contribution in [-0.4, -0.2) is 68.2 Å². The summed E-state index contributed by atoms with van der Waals surface area (Å²) in [5.74, 6) is 0.351. The molecule has 0 bridgehead atoms. The molecule has 5 heteroatoms. The number of amides is 1. The number of likely N-dealkylation sites (tertiary alicyclic amines) is 1. The first-order valence-electron chi connectivity index (χ1n) is 9.46. The lowest BCUT2D eigenvalue weighted by Crippen LogP contribution is -2.47. The van der Waals surface area contributed by atoms with Gasteiger partial charge in [0.2, 0.25) is 5.91 Å². The standard InChI is InChI=1S/C20H31N3O2/c1-25-10-9-22(15-20(21)24)13-16-5-4-8-23(14-16)19-11-17-6-2-3-7-18(17)12-19/h2-3,6-7,16,19H,4-5,8-15H2,1H3,(H2,21,24)/t16-/m1/s1. The van der Waals surface area contributed by atoms with Gasteiger partial charge in [0, 0.05) is 32.8 Å². The molecule has 1 fully saturated rings. The van der Waals surface area contributed by atoms with Crippen LogP contribution in [0.2, 0.25) is 0 Å². The van der Waals surface area contributed by atoms with E-state index in [1.165, 1.54) is 43.4 Å². The molecule has 1 aliphatic heterocycles. The van der Waals surface area contributed by atoms with Crippen molar-refractivity contribution < 1.29 is 9.53 Å². The molecule has 1 amide bonds. The van der Waals surface area contributed by atoms with Crippen molar-refractivity contribution in [2.75, 3.05) is 46.4 Å². The summed E-state index contributed by atoms with van der Waals surface area (Å²) < 4.78 is 5.18. The summed E-state index contributed by atoms with van der Waals surface area (Å²) in [5.41, 5.74) is 8.45. The lowest BCUT2D eigenvalue weighted by atomic mass is 9.95. The van der Waals surface area contributed by atoms with Gasteiger partial charge in [-0.15, -0.1) is 0 Å². The first-order valence-corrected chi connectivity index (χ1v) is 9.46. The molecule has 1 aromatic carbocycles. The number of carbonyl (C=O) groups is 1. The molecule has 1 saturated heterocycles. The fourth-order valence-corrected chi connectivity index (χ4v) is 4.41. The molecule has 2 N–H and O–H groups in total. The van der Waals surface area contributed by atoms with Crippen LogP contribution in [0.3, 0.4) is 0 Å². The smallest absolute Gasteiger partial charge is 0.231 e. The van der Waals surface area contributed by atoms with E-state index in [1.54, 1.807) is 7.11 Å². The van der Waals surface area contributed by atoms with Gasteiger partial charge >= 0.3 is 0 Å². The van der Waals surface area contributed by atoms with Crippen molar-refractivity contribution in [2.24, 2.45) is 11.7 Å².